The third-order valence-corrected chi connectivity index (χ3v) is 5.99. The average molecular weight is 388 g/mol. The van der Waals surface area contributed by atoms with E-state index < -0.39 is 0 Å². The first-order valence-corrected chi connectivity index (χ1v) is 10.8. The van der Waals surface area contributed by atoms with Crippen LogP contribution in [0.2, 0.25) is 0 Å². The van der Waals surface area contributed by atoms with E-state index >= 15 is 0 Å². The Labute approximate surface area is 168 Å². The zero-order chi connectivity index (χ0) is 19.2. The number of aliphatic imine (C=N–C) groups is 1. The van der Waals surface area contributed by atoms with Gasteiger partial charge in [0.1, 0.15) is 11.9 Å². The standard InChI is InChI=1S/C22H33N3O3/c1-23-22(25-12-14-27-21(16-25)20-11-6-13-26-20)24-15-17-7-2-5-10-19(17)28-18-8-3-4-9-18/h2,5,7,10,18,20-21H,3-4,6,8-9,11-16H2,1H3,(H,23,24). The molecule has 6 nitrogen and oxygen atoms in total. The third-order valence-electron chi connectivity index (χ3n) is 5.99. The molecule has 154 valence electrons. The second-order valence-corrected chi connectivity index (χ2v) is 7.94. The second kappa shape index (κ2) is 9.61. The summed E-state index contributed by atoms with van der Waals surface area (Å²) in [6.07, 6.45) is 7.84. The van der Waals surface area contributed by atoms with Gasteiger partial charge in [-0.1, -0.05) is 18.2 Å². The van der Waals surface area contributed by atoms with Gasteiger partial charge >= 0.3 is 0 Å². The molecule has 1 N–H and O–H groups in total. The fourth-order valence-corrected chi connectivity index (χ4v) is 4.45. The minimum absolute atomic E-state index is 0.132. The fourth-order valence-electron chi connectivity index (χ4n) is 4.45. The van der Waals surface area contributed by atoms with Crippen LogP contribution in [0.25, 0.3) is 0 Å². The molecule has 2 atom stereocenters. The molecule has 4 rings (SSSR count). The van der Waals surface area contributed by atoms with Gasteiger partial charge in [-0.25, -0.2) is 0 Å². The van der Waals surface area contributed by atoms with Gasteiger partial charge in [-0.15, -0.1) is 0 Å². The van der Waals surface area contributed by atoms with Gasteiger partial charge in [0.2, 0.25) is 0 Å². The number of benzene rings is 1. The first kappa shape index (κ1) is 19.5. The number of hydrogen-bond acceptors (Lipinski definition) is 4. The number of hydrogen-bond donors (Lipinski definition) is 1. The number of guanidine groups is 1. The molecular formula is C22H33N3O3. The van der Waals surface area contributed by atoms with Crippen LogP contribution in [0.15, 0.2) is 29.3 Å². The summed E-state index contributed by atoms with van der Waals surface area (Å²) in [5, 5.41) is 3.53. The van der Waals surface area contributed by atoms with E-state index in [1.807, 2.05) is 7.05 Å². The molecule has 6 heteroatoms. The van der Waals surface area contributed by atoms with Gasteiger partial charge in [0, 0.05) is 38.9 Å². The van der Waals surface area contributed by atoms with Gasteiger partial charge < -0.3 is 24.4 Å². The van der Waals surface area contributed by atoms with Crippen LogP contribution in [0.4, 0.5) is 0 Å². The maximum absolute atomic E-state index is 6.27. The Morgan fingerprint density at radius 3 is 2.71 bits per heavy atom. The van der Waals surface area contributed by atoms with Crippen molar-refractivity contribution in [2.75, 3.05) is 33.4 Å². The lowest BCUT2D eigenvalue weighted by Crippen LogP contribution is -2.53. The number of ether oxygens (including phenoxy) is 3. The molecular weight excluding hydrogens is 354 g/mol. The smallest absolute Gasteiger partial charge is 0.194 e. The van der Waals surface area contributed by atoms with Crippen molar-refractivity contribution in [2.45, 2.75) is 63.4 Å². The molecule has 1 aliphatic carbocycles. The minimum Gasteiger partial charge on any atom is -0.490 e. The van der Waals surface area contributed by atoms with Crippen LogP contribution < -0.4 is 10.1 Å². The molecule has 0 aromatic heterocycles. The summed E-state index contributed by atoms with van der Waals surface area (Å²) in [6.45, 7) is 3.95. The van der Waals surface area contributed by atoms with Gasteiger partial charge in [0.15, 0.2) is 5.96 Å². The lowest BCUT2D eigenvalue weighted by molar-refractivity contribution is -0.0817. The van der Waals surface area contributed by atoms with Gasteiger partial charge in [-0.05, 0) is 44.6 Å². The van der Waals surface area contributed by atoms with E-state index in [9.17, 15) is 0 Å². The first-order chi connectivity index (χ1) is 13.8. The van der Waals surface area contributed by atoms with Crippen molar-refractivity contribution < 1.29 is 14.2 Å². The van der Waals surface area contributed by atoms with Crippen molar-refractivity contribution in [1.29, 1.82) is 0 Å². The maximum atomic E-state index is 6.27. The summed E-state index contributed by atoms with van der Waals surface area (Å²) < 4.78 is 18.1. The third kappa shape index (κ3) is 4.78. The molecule has 1 aromatic carbocycles. The highest BCUT2D eigenvalue weighted by atomic mass is 16.5. The topological polar surface area (TPSA) is 55.3 Å². The van der Waals surface area contributed by atoms with Crippen LogP contribution in [-0.2, 0) is 16.0 Å². The highest BCUT2D eigenvalue weighted by molar-refractivity contribution is 5.80. The molecule has 2 unspecified atom stereocenters. The molecule has 0 spiro atoms. The molecule has 2 saturated heterocycles. The Morgan fingerprint density at radius 1 is 1.11 bits per heavy atom. The molecule has 0 radical (unpaired) electrons. The lowest BCUT2D eigenvalue weighted by Gasteiger charge is -2.37. The van der Waals surface area contributed by atoms with Crippen LogP contribution in [0.1, 0.15) is 44.1 Å². The summed E-state index contributed by atoms with van der Waals surface area (Å²) in [7, 11) is 1.85. The second-order valence-electron chi connectivity index (χ2n) is 7.94. The molecule has 1 saturated carbocycles. The van der Waals surface area contributed by atoms with Crippen LogP contribution >= 0.6 is 0 Å². The van der Waals surface area contributed by atoms with Crippen molar-refractivity contribution in [3.8, 4) is 5.75 Å². The Balaban J connectivity index is 1.35. The van der Waals surface area contributed by atoms with Crippen molar-refractivity contribution in [1.82, 2.24) is 10.2 Å². The number of morpholine rings is 1. The van der Waals surface area contributed by atoms with Crippen molar-refractivity contribution in [3.63, 3.8) is 0 Å². The van der Waals surface area contributed by atoms with E-state index in [2.05, 4.69) is 39.5 Å². The number of rotatable bonds is 5. The predicted molar refractivity (Wildman–Crippen MR) is 110 cm³/mol. The van der Waals surface area contributed by atoms with Crippen LogP contribution in [0, 0.1) is 0 Å². The molecule has 3 aliphatic rings. The minimum atomic E-state index is 0.132. The number of para-hydroxylation sites is 1. The summed E-state index contributed by atoms with van der Waals surface area (Å²) in [4.78, 5) is 6.80. The zero-order valence-electron chi connectivity index (χ0n) is 16.9. The van der Waals surface area contributed by atoms with Gasteiger partial charge in [0.25, 0.3) is 0 Å². The number of nitrogens with one attached hydrogen (secondary N) is 1. The quantitative estimate of drug-likeness (QED) is 0.622. The fraction of sp³-hybridized carbons (Fsp3) is 0.682. The Kier molecular flexibility index (Phi) is 6.70. The van der Waals surface area contributed by atoms with E-state index in [4.69, 9.17) is 14.2 Å². The van der Waals surface area contributed by atoms with Crippen molar-refractivity contribution in [2.24, 2.45) is 4.99 Å². The monoisotopic (exact) mass is 387 g/mol. The van der Waals surface area contributed by atoms with Crippen molar-refractivity contribution in [3.05, 3.63) is 29.8 Å². The highest BCUT2D eigenvalue weighted by Crippen LogP contribution is 2.27. The molecule has 0 amide bonds. The van der Waals surface area contributed by atoms with E-state index in [0.717, 1.165) is 44.2 Å². The zero-order valence-corrected chi connectivity index (χ0v) is 16.9. The summed E-state index contributed by atoms with van der Waals surface area (Å²) in [6, 6.07) is 8.35. The Morgan fingerprint density at radius 2 is 1.93 bits per heavy atom. The SMILES string of the molecule is CN=C(NCc1ccccc1OC1CCCC1)N1CCOC(C2CCCO2)C1. The molecule has 28 heavy (non-hydrogen) atoms. The predicted octanol–water partition coefficient (Wildman–Crippen LogP) is 2.96. The van der Waals surface area contributed by atoms with E-state index in [-0.39, 0.29) is 12.2 Å². The largest absolute Gasteiger partial charge is 0.490 e. The summed E-state index contributed by atoms with van der Waals surface area (Å²) in [5.41, 5.74) is 1.18. The maximum Gasteiger partial charge on any atom is 0.194 e. The molecule has 2 aliphatic heterocycles. The van der Waals surface area contributed by atoms with E-state index in [1.165, 1.54) is 31.2 Å². The highest BCUT2D eigenvalue weighted by Gasteiger charge is 2.32. The van der Waals surface area contributed by atoms with E-state index in [0.29, 0.717) is 19.3 Å². The normalized spacial score (nSPS) is 26.6. The molecule has 3 fully saturated rings. The molecule has 0 bridgehead atoms. The van der Waals surface area contributed by atoms with Crippen LogP contribution in [0.5, 0.6) is 5.75 Å². The summed E-state index contributed by atoms with van der Waals surface area (Å²) >= 11 is 0. The van der Waals surface area contributed by atoms with Crippen LogP contribution in [-0.4, -0.2) is 62.5 Å². The van der Waals surface area contributed by atoms with Gasteiger partial charge in [0.05, 0.1) is 18.8 Å². The molecule has 1 aromatic rings. The average Bonchev–Trinajstić information content (AvgIpc) is 3.44. The first-order valence-electron chi connectivity index (χ1n) is 10.8. The van der Waals surface area contributed by atoms with Crippen molar-refractivity contribution >= 4 is 5.96 Å². The molecule has 2 heterocycles. The summed E-state index contributed by atoms with van der Waals surface area (Å²) in [5.74, 6) is 1.92. The van der Waals surface area contributed by atoms with Gasteiger partial charge in [-0.3, -0.25) is 4.99 Å². The lowest BCUT2D eigenvalue weighted by atomic mass is 10.1. The number of nitrogens with zero attached hydrogens (tertiary/aromatic N) is 2. The Hall–Kier alpha value is -1.79. The van der Waals surface area contributed by atoms with Crippen LogP contribution in [0.3, 0.4) is 0 Å². The Bertz CT molecular complexity index is 654. The van der Waals surface area contributed by atoms with Gasteiger partial charge in [-0.2, -0.15) is 0 Å². The van der Waals surface area contributed by atoms with E-state index in [1.54, 1.807) is 0 Å².